The van der Waals surface area contributed by atoms with E-state index in [0.717, 1.165) is 51.3 Å². The van der Waals surface area contributed by atoms with Gasteiger partial charge in [0, 0.05) is 38.5 Å². The number of ether oxygens (including phenoxy) is 1. The Morgan fingerprint density at radius 3 is 2.52 bits per heavy atom. The van der Waals surface area contributed by atoms with Crippen LogP contribution in [0.2, 0.25) is 0 Å². The molecular weight excluding hydrogens is 295 g/mol. The fraction of sp³-hybridized carbons (Fsp3) is 0.588. The summed E-state index contributed by atoms with van der Waals surface area (Å²) < 4.78 is 18.4. The van der Waals surface area contributed by atoms with Crippen molar-refractivity contribution in [2.75, 3.05) is 50.8 Å². The van der Waals surface area contributed by atoms with E-state index < -0.39 is 0 Å². The highest BCUT2D eigenvalue weighted by atomic mass is 19.1. The van der Waals surface area contributed by atoms with Gasteiger partial charge >= 0.3 is 0 Å². The molecule has 6 heteroatoms. The van der Waals surface area contributed by atoms with E-state index in [4.69, 9.17) is 10.5 Å². The van der Waals surface area contributed by atoms with Crippen LogP contribution in [0.25, 0.3) is 0 Å². The summed E-state index contributed by atoms with van der Waals surface area (Å²) in [5.74, 6) is 0.382. The molecular formula is C17H27FN4O. The lowest BCUT2D eigenvalue weighted by Gasteiger charge is -2.36. The lowest BCUT2D eigenvalue weighted by atomic mass is 10.2. The van der Waals surface area contributed by atoms with Gasteiger partial charge in [-0.1, -0.05) is 13.3 Å². The monoisotopic (exact) mass is 322 g/mol. The molecule has 0 bridgehead atoms. The zero-order chi connectivity index (χ0) is 16.5. The first kappa shape index (κ1) is 17.5. The van der Waals surface area contributed by atoms with E-state index in [-0.39, 0.29) is 5.82 Å². The summed E-state index contributed by atoms with van der Waals surface area (Å²) in [5.41, 5.74) is 7.09. The van der Waals surface area contributed by atoms with E-state index in [2.05, 4.69) is 21.7 Å². The highest BCUT2D eigenvalue weighted by Crippen LogP contribution is 2.16. The molecule has 0 saturated carbocycles. The topological polar surface area (TPSA) is 54.1 Å². The number of guanidine groups is 1. The number of halogens is 1. The Balaban J connectivity index is 1.71. The van der Waals surface area contributed by atoms with Gasteiger partial charge in [-0.2, -0.15) is 0 Å². The van der Waals surface area contributed by atoms with Crippen LogP contribution >= 0.6 is 0 Å². The summed E-state index contributed by atoms with van der Waals surface area (Å²) in [4.78, 5) is 8.70. The molecule has 1 saturated heterocycles. The van der Waals surface area contributed by atoms with Crippen LogP contribution in [0, 0.1) is 5.82 Å². The zero-order valence-electron chi connectivity index (χ0n) is 13.9. The minimum atomic E-state index is -0.204. The first-order valence-electron chi connectivity index (χ1n) is 8.34. The Morgan fingerprint density at radius 1 is 1.17 bits per heavy atom. The van der Waals surface area contributed by atoms with E-state index >= 15 is 0 Å². The third-order valence-corrected chi connectivity index (χ3v) is 3.95. The molecule has 2 N–H and O–H groups in total. The maximum Gasteiger partial charge on any atom is 0.191 e. The molecule has 0 unspecified atom stereocenters. The van der Waals surface area contributed by atoms with Crippen LogP contribution in [-0.2, 0) is 4.74 Å². The largest absolute Gasteiger partial charge is 0.380 e. The van der Waals surface area contributed by atoms with E-state index in [0.29, 0.717) is 19.1 Å². The van der Waals surface area contributed by atoms with Gasteiger partial charge in [0.25, 0.3) is 0 Å². The van der Waals surface area contributed by atoms with Crippen LogP contribution in [-0.4, -0.2) is 56.8 Å². The average molecular weight is 322 g/mol. The fourth-order valence-electron chi connectivity index (χ4n) is 2.52. The minimum absolute atomic E-state index is 0.204. The first-order valence-corrected chi connectivity index (χ1v) is 8.34. The number of nitrogens with zero attached hydrogens (tertiary/aromatic N) is 3. The standard InChI is InChI=1S/C17H27FN4O/c1-2-3-13-23-14-8-20-17(19)22-11-9-21(10-12-22)16-6-4-15(18)5-7-16/h4-7H,2-3,8-14H2,1H3,(H2,19,20). The van der Waals surface area contributed by atoms with E-state index in [1.54, 1.807) is 0 Å². The van der Waals surface area contributed by atoms with Gasteiger partial charge in [0.2, 0.25) is 0 Å². The lowest BCUT2D eigenvalue weighted by Crippen LogP contribution is -2.51. The van der Waals surface area contributed by atoms with Crippen molar-refractivity contribution in [3.63, 3.8) is 0 Å². The quantitative estimate of drug-likeness (QED) is 0.474. The Labute approximate surface area is 137 Å². The van der Waals surface area contributed by atoms with Crippen molar-refractivity contribution in [2.24, 2.45) is 10.7 Å². The van der Waals surface area contributed by atoms with E-state index in [1.165, 1.54) is 12.1 Å². The summed E-state index contributed by atoms with van der Waals surface area (Å²) in [7, 11) is 0. The molecule has 0 atom stereocenters. The van der Waals surface area contributed by atoms with Crippen LogP contribution in [0.1, 0.15) is 19.8 Å². The van der Waals surface area contributed by atoms with Gasteiger partial charge in [-0.05, 0) is 30.7 Å². The van der Waals surface area contributed by atoms with Crippen LogP contribution < -0.4 is 10.6 Å². The van der Waals surface area contributed by atoms with Gasteiger partial charge in [0.15, 0.2) is 5.96 Å². The molecule has 1 aromatic rings. The molecule has 1 fully saturated rings. The van der Waals surface area contributed by atoms with Crippen molar-refractivity contribution >= 4 is 11.6 Å². The lowest BCUT2D eigenvalue weighted by molar-refractivity contribution is 0.138. The summed E-state index contributed by atoms with van der Waals surface area (Å²) in [6.07, 6.45) is 2.23. The second-order valence-electron chi connectivity index (χ2n) is 5.66. The normalized spacial score (nSPS) is 16.0. The van der Waals surface area contributed by atoms with Crippen molar-refractivity contribution in [2.45, 2.75) is 19.8 Å². The average Bonchev–Trinajstić information content (AvgIpc) is 2.58. The number of benzene rings is 1. The molecule has 128 valence electrons. The van der Waals surface area contributed by atoms with Crippen LogP contribution in [0.15, 0.2) is 29.3 Å². The van der Waals surface area contributed by atoms with Crippen molar-refractivity contribution in [3.8, 4) is 0 Å². The number of hydrogen-bond acceptors (Lipinski definition) is 3. The first-order chi connectivity index (χ1) is 11.2. The highest BCUT2D eigenvalue weighted by Gasteiger charge is 2.18. The molecule has 0 aromatic heterocycles. The zero-order valence-corrected chi connectivity index (χ0v) is 13.9. The van der Waals surface area contributed by atoms with Crippen LogP contribution in [0.3, 0.4) is 0 Å². The number of piperazine rings is 1. The minimum Gasteiger partial charge on any atom is -0.380 e. The van der Waals surface area contributed by atoms with E-state index in [9.17, 15) is 4.39 Å². The summed E-state index contributed by atoms with van der Waals surface area (Å²) in [6, 6.07) is 6.62. The van der Waals surface area contributed by atoms with Crippen molar-refractivity contribution < 1.29 is 9.13 Å². The summed E-state index contributed by atoms with van der Waals surface area (Å²) in [5, 5.41) is 0. The third-order valence-electron chi connectivity index (χ3n) is 3.95. The number of hydrogen-bond donors (Lipinski definition) is 1. The third kappa shape index (κ3) is 5.71. The van der Waals surface area contributed by atoms with Crippen molar-refractivity contribution in [1.29, 1.82) is 0 Å². The molecule has 23 heavy (non-hydrogen) atoms. The number of anilines is 1. The SMILES string of the molecule is CCCCOCCN=C(N)N1CCN(c2ccc(F)cc2)CC1. The molecule has 0 radical (unpaired) electrons. The number of unbranched alkanes of at least 4 members (excludes halogenated alkanes) is 1. The molecule has 1 aliphatic heterocycles. The molecule has 1 aromatic carbocycles. The highest BCUT2D eigenvalue weighted by molar-refractivity contribution is 5.78. The van der Waals surface area contributed by atoms with Crippen LogP contribution in [0.5, 0.6) is 0 Å². The number of nitrogens with two attached hydrogens (primary N) is 1. The Bertz CT molecular complexity index is 484. The number of aliphatic imine (C=N–C) groups is 1. The number of rotatable bonds is 7. The maximum absolute atomic E-state index is 13.0. The molecule has 1 heterocycles. The Morgan fingerprint density at radius 2 is 1.87 bits per heavy atom. The Hall–Kier alpha value is -1.82. The molecule has 2 rings (SSSR count). The molecule has 0 amide bonds. The van der Waals surface area contributed by atoms with Gasteiger partial charge in [-0.3, -0.25) is 4.99 Å². The van der Waals surface area contributed by atoms with Crippen LogP contribution in [0.4, 0.5) is 10.1 Å². The second kappa shape index (κ2) is 9.35. The smallest absolute Gasteiger partial charge is 0.191 e. The van der Waals surface area contributed by atoms with Gasteiger partial charge in [-0.15, -0.1) is 0 Å². The van der Waals surface area contributed by atoms with Crippen molar-refractivity contribution in [3.05, 3.63) is 30.1 Å². The molecule has 5 nitrogen and oxygen atoms in total. The summed E-state index contributed by atoms with van der Waals surface area (Å²) in [6.45, 7) is 7.52. The molecule has 1 aliphatic rings. The second-order valence-corrected chi connectivity index (χ2v) is 5.66. The fourth-order valence-corrected chi connectivity index (χ4v) is 2.52. The molecule has 0 spiro atoms. The van der Waals surface area contributed by atoms with Gasteiger partial charge in [-0.25, -0.2) is 4.39 Å². The van der Waals surface area contributed by atoms with Gasteiger partial charge < -0.3 is 20.3 Å². The predicted molar refractivity (Wildman–Crippen MR) is 92.4 cm³/mol. The summed E-state index contributed by atoms with van der Waals surface area (Å²) >= 11 is 0. The molecule has 0 aliphatic carbocycles. The van der Waals surface area contributed by atoms with Gasteiger partial charge in [0.05, 0.1) is 13.2 Å². The predicted octanol–water partition coefficient (Wildman–Crippen LogP) is 2.08. The van der Waals surface area contributed by atoms with Crippen molar-refractivity contribution in [1.82, 2.24) is 4.90 Å². The Kier molecular flexibility index (Phi) is 7.13. The maximum atomic E-state index is 13.0. The van der Waals surface area contributed by atoms with E-state index in [1.807, 2.05) is 12.1 Å². The van der Waals surface area contributed by atoms with Gasteiger partial charge in [0.1, 0.15) is 5.82 Å².